The number of hydrogen-bond donors (Lipinski definition) is 3. The van der Waals surface area contributed by atoms with Gasteiger partial charge in [0.05, 0.1) is 28.9 Å². The number of carbonyl (C=O) groups excluding carboxylic acids is 2. The average molecular weight is 593 g/mol. The first-order valence-electron chi connectivity index (χ1n) is 12.1. The molecule has 2 heterocycles. The summed E-state index contributed by atoms with van der Waals surface area (Å²) in [5, 5.41) is 31.2. The number of aromatic carboxylic acids is 1. The minimum Gasteiger partial charge on any atom is -0.478 e. The highest BCUT2D eigenvalue weighted by Gasteiger charge is 2.41. The Bertz CT molecular complexity index is 1610. The first-order chi connectivity index (χ1) is 19.3. The number of nitrogens with zero attached hydrogens (tertiary/aromatic N) is 4. The van der Waals surface area contributed by atoms with Crippen molar-refractivity contribution < 1.29 is 19.5 Å². The molecule has 1 aromatic heterocycles. The number of carboxylic acid groups (broad SMARTS) is 1. The number of nitrogens with two attached hydrogens (primary N) is 1. The van der Waals surface area contributed by atoms with Crippen molar-refractivity contribution in [3.8, 4) is 6.07 Å². The van der Waals surface area contributed by atoms with Gasteiger partial charge in [0, 0.05) is 28.4 Å². The summed E-state index contributed by atoms with van der Waals surface area (Å²) in [7, 11) is 0. The smallest absolute Gasteiger partial charge is 0.335 e. The molecule has 0 fully saturated rings. The zero-order valence-corrected chi connectivity index (χ0v) is 23.1. The van der Waals surface area contributed by atoms with Crippen molar-refractivity contribution in [1.29, 1.82) is 5.26 Å². The van der Waals surface area contributed by atoms with Gasteiger partial charge in [-0.15, -0.1) is 10.2 Å². The monoisotopic (exact) mass is 592 g/mol. The molecule has 0 saturated carbocycles. The standard InChI is InChI=1S/C27H21ClN6O4S2/c28-16-8-4-14(5-9-16)22-18(12-29)24(30)34(19-2-1-3-20(35)23(19)22)26-32-33-27(40-26)39-13-21(36)31-17-10-6-15(7-11-17)25(37)38/h4-11,22H,1-3,13,30H2,(H,31,36)(H,37,38). The fourth-order valence-corrected chi connectivity index (χ4v) is 6.47. The van der Waals surface area contributed by atoms with Crippen LogP contribution in [0.25, 0.3) is 0 Å². The van der Waals surface area contributed by atoms with Crippen LogP contribution in [0.2, 0.25) is 5.02 Å². The van der Waals surface area contributed by atoms with Gasteiger partial charge < -0.3 is 16.2 Å². The van der Waals surface area contributed by atoms with Crippen LogP contribution in [0, 0.1) is 11.3 Å². The lowest BCUT2D eigenvalue weighted by atomic mass is 9.76. The zero-order valence-electron chi connectivity index (χ0n) is 20.8. The number of amides is 1. The number of halogens is 1. The van der Waals surface area contributed by atoms with Gasteiger partial charge in [-0.25, -0.2) is 4.79 Å². The minimum atomic E-state index is -1.05. The van der Waals surface area contributed by atoms with Gasteiger partial charge in [0.2, 0.25) is 11.0 Å². The van der Waals surface area contributed by atoms with Crippen LogP contribution in [0.3, 0.4) is 0 Å². The Morgan fingerprint density at radius 1 is 1.18 bits per heavy atom. The second kappa shape index (κ2) is 11.5. The van der Waals surface area contributed by atoms with Gasteiger partial charge in [-0.1, -0.05) is 46.8 Å². The minimum absolute atomic E-state index is 0.0369. The number of allylic oxidation sites excluding steroid dienone is 3. The van der Waals surface area contributed by atoms with Crippen LogP contribution in [0.4, 0.5) is 10.8 Å². The molecule has 1 aliphatic heterocycles. The highest BCUT2D eigenvalue weighted by molar-refractivity contribution is 8.01. The maximum atomic E-state index is 13.2. The summed E-state index contributed by atoms with van der Waals surface area (Å²) >= 11 is 8.45. The Morgan fingerprint density at radius 3 is 2.58 bits per heavy atom. The lowest BCUT2D eigenvalue weighted by molar-refractivity contribution is -0.116. The molecule has 2 aromatic carbocycles. The number of thioether (sulfide) groups is 1. The molecule has 1 unspecified atom stereocenters. The highest BCUT2D eigenvalue weighted by atomic mass is 35.5. The predicted octanol–water partition coefficient (Wildman–Crippen LogP) is 4.93. The maximum Gasteiger partial charge on any atom is 0.335 e. The number of aromatic nitrogens is 2. The number of nitriles is 1. The van der Waals surface area contributed by atoms with Crippen molar-refractivity contribution >= 4 is 63.2 Å². The van der Waals surface area contributed by atoms with Crippen LogP contribution in [0.1, 0.15) is 41.1 Å². The third-order valence-electron chi connectivity index (χ3n) is 6.45. The molecule has 0 saturated heterocycles. The molecule has 0 bridgehead atoms. The van der Waals surface area contributed by atoms with Crippen molar-refractivity contribution in [1.82, 2.24) is 10.2 Å². The van der Waals surface area contributed by atoms with Gasteiger partial charge in [-0.2, -0.15) is 5.26 Å². The summed E-state index contributed by atoms with van der Waals surface area (Å²) in [5.41, 5.74) is 9.38. The van der Waals surface area contributed by atoms with E-state index in [0.717, 1.165) is 5.56 Å². The number of benzene rings is 2. The van der Waals surface area contributed by atoms with Crippen LogP contribution >= 0.6 is 34.7 Å². The predicted molar refractivity (Wildman–Crippen MR) is 152 cm³/mol. The van der Waals surface area contributed by atoms with Gasteiger partial charge in [-0.3, -0.25) is 14.5 Å². The molecular weight excluding hydrogens is 572 g/mol. The van der Waals surface area contributed by atoms with Gasteiger partial charge >= 0.3 is 5.97 Å². The molecule has 13 heteroatoms. The summed E-state index contributed by atoms with van der Waals surface area (Å²) in [6, 6.07) is 15.1. The molecule has 3 aromatic rings. The first kappa shape index (κ1) is 27.4. The number of rotatable bonds is 7. The number of hydrogen-bond acceptors (Lipinski definition) is 10. The second-order valence-electron chi connectivity index (χ2n) is 8.94. The lowest BCUT2D eigenvalue weighted by Gasteiger charge is -2.38. The van der Waals surface area contributed by atoms with Crippen LogP contribution in [0.15, 0.2) is 75.5 Å². The molecule has 0 spiro atoms. The molecule has 1 amide bonds. The number of carbonyl (C=O) groups is 3. The molecule has 4 N–H and O–H groups in total. The maximum absolute atomic E-state index is 13.2. The summed E-state index contributed by atoms with van der Waals surface area (Å²) in [6.45, 7) is 0. The fourth-order valence-electron chi connectivity index (χ4n) is 4.67. The highest BCUT2D eigenvalue weighted by Crippen LogP contribution is 2.47. The van der Waals surface area contributed by atoms with Gasteiger partial charge in [0.25, 0.3) is 0 Å². The number of Topliss-reactive ketones (excluding diaryl/α,β-unsaturated/α-hetero) is 1. The van der Waals surface area contributed by atoms with E-state index in [1.165, 1.54) is 47.4 Å². The van der Waals surface area contributed by atoms with E-state index in [-0.39, 0.29) is 34.4 Å². The third kappa shape index (κ3) is 5.44. The van der Waals surface area contributed by atoms with E-state index >= 15 is 0 Å². The number of anilines is 2. The van der Waals surface area contributed by atoms with Gasteiger partial charge in [0.15, 0.2) is 10.1 Å². The van der Waals surface area contributed by atoms with E-state index in [4.69, 9.17) is 22.4 Å². The van der Waals surface area contributed by atoms with Crippen LogP contribution in [-0.2, 0) is 9.59 Å². The normalized spacial score (nSPS) is 16.9. The average Bonchev–Trinajstić information content (AvgIpc) is 3.41. The van der Waals surface area contributed by atoms with E-state index in [1.807, 2.05) is 0 Å². The molecule has 5 rings (SSSR count). The van der Waals surface area contributed by atoms with E-state index in [0.29, 0.717) is 50.7 Å². The Labute approximate surface area is 242 Å². The largest absolute Gasteiger partial charge is 0.478 e. The summed E-state index contributed by atoms with van der Waals surface area (Å²) < 4.78 is 0.502. The Hall–Kier alpha value is -4.18. The van der Waals surface area contributed by atoms with Crippen LogP contribution in [-0.4, -0.2) is 38.7 Å². The van der Waals surface area contributed by atoms with E-state index in [9.17, 15) is 19.6 Å². The SMILES string of the molecule is N#CC1=C(N)N(c2nnc(SCC(=O)Nc3ccc(C(=O)O)cc3)s2)C2=C(C(=O)CCC2)C1c1ccc(Cl)cc1. The number of ketones is 1. The van der Waals surface area contributed by atoms with Crippen molar-refractivity contribution in [3.63, 3.8) is 0 Å². The van der Waals surface area contributed by atoms with E-state index < -0.39 is 11.9 Å². The molecular formula is C27H21ClN6O4S2. The van der Waals surface area contributed by atoms with Crippen LogP contribution < -0.4 is 16.0 Å². The molecule has 1 aliphatic carbocycles. The second-order valence-corrected chi connectivity index (χ2v) is 11.6. The lowest BCUT2D eigenvalue weighted by Crippen LogP contribution is -2.38. The molecule has 202 valence electrons. The molecule has 1 atom stereocenters. The zero-order chi connectivity index (χ0) is 28.4. The van der Waals surface area contributed by atoms with Crippen molar-refractivity contribution in [2.45, 2.75) is 29.5 Å². The van der Waals surface area contributed by atoms with Crippen molar-refractivity contribution in [2.24, 2.45) is 5.73 Å². The van der Waals surface area contributed by atoms with Gasteiger partial charge in [0.1, 0.15) is 5.82 Å². The first-order valence-corrected chi connectivity index (χ1v) is 14.3. The Morgan fingerprint density at radius 2 is 1.90 bits per heavy atom. The Balaban J connectivity index is 1.37. The summed E-state index contributed by atoms with van der Waals surface area (Å²) in [4.78, 5) is 38.3. The topological polar surface area (TPSA) is 162 Å². The molecule has 0 radical (unpaired) electrons. The molecule has 40 heavy (non-hydrogen) atoms. The van der Waals surface area contributed by atoms with Crippen molar-refractivity contribution in [2.75, 3.05) is 16.0 Å². The summed E-state index contributed by atoms with van der Waals surface area (Å²) in [6.07, 6.45) is 1.60. The number of carboxylic acids is 1. The molecule has 2 aliphatic rings. The van der Waals surface area contributed by atoms with Gasteiger partial charge in [-0.05, 0) is 54.8 Å². The quantitative estimate of drug-likeness (QED) is 0.321. The fraction of sp³-hybridized carbons (Fsp3) is 0.185. The number of nitrogens with one attached hydrogen (secondary N) is 1. The molecule has 10 nitrogen and oxygen atoms in total. The third-order valence-corrected chi connectivity index (χ3v) is 8.74. The van der Waals surface area contributed by atoms with E-state index in [1.54, 1.807) is 29.2 Å². The Kier molecular flexibility index (Phi) is 7.88. The van der Waals surface area contributed by atoms with Crippen molar-refractivity contribution in [3.05, 3.63) is 87.3 Å². The van der Waals surface area contributed by atoms with E-state index in [2.05, 4.69) is 21.6 Å². The summed E-state index contributed by atoms with van der Waals surface area (Å²) in [5.74, 6) is -1.77. The van der Waals surface area contributed by atoms with Crippen LogP contribution in [0.5, 0.6) is 0 Å².